The number of hydrogen-bond acceptors (Lipinski definition) is 3. The standard InChI is InChI=1S/C17H26O4/c1-4-17(21-15(20)16(2,3)14(18)19)9-10-8-13(17)12-7-5-6-11(10)12/h10-13H,4-9H2,1-3H3,(H,18,19). The molecule has 4 nitrogen and oxygen atoms in total. The van der Waals surface area contributed by atoms with Gasteiger partial charge in [-0.25, -0.2) is 0 Å². The van der Waals surface area contributed by atoms with E-state index in [1.807, 2.05) is 0 Å². The number of carbonyl (C=O) groups excluding carboxylic acids is 1. The summed E-state index contributed by atoms with van der Waals surface area (Å²) in [4.78, 5) is 23.7. The zero-order chi connectivity index (χ0) is 15.4. The van der Waals surface area contributed by atoms with Gasteiger partial charge in [-0.1, -0.05) is 13.3 Å². The quantitative estimate of drug-likeness (QED) is 0.638. The Morgan fingerprint density at radius 3 is 2.57 bits per heavy atom. The molecule has 0 aromatic rings. The molecule has 0 aliphatic heterocycles. The van der Waals surface area contributed by atoms with Gasteiger partial charge < -0.3 is 9.84 Å². The Balaban J connectivity index is 1.80. The number of aliphatic carboxylic acids is 1. The number of ether oxygens (including phenoxy) is 1. The zero-order valence-corrected chi connectivity index (χ0v) is 13.2. The third-order valence-electron chi connectivity index (χ3n) is 6.53. The fourth-order valence-corrected chi connectivity index (χ4v) is 5.21. The van der Waals surface area contributed by atoms with E-state index in [-0.39, 0.29) is 0 Å². The Morgan fingerprint density at radius 2 is 1.95 bits per heavy atom. The summed E-state index contributed by atoms with van der Waals surface area (Å²) in [6.07, 6.45) is 6.81. The highest BCUT2D eigenvalue weighted by molar-refractivity contribution is 5.98. The summed E-state index contributed by atoms with van der Waals surface area (Å²) in [5.41, 5.74) is -1.86. The second-order valence-electron chi connectivity index (χ2n) is 7.80. The number of rotatable bonds is 4. The van der Waals surface area contributed by atoms with Gasteiger partial charge in [-0.2, -0.15) is 0 Å². The topological polar surface area (TPSA) is 63.6 Å². The minimum atomic E-state index is -1.46. The highest BCUT2D eigenvalue weighted by Crippen LogP contribution is 2.64. The molecule has 0 heterocycles. The lowest BCUT2D eigenvalue weighted by Gasteiger charge is -2.42. The van der Waals surface area contributed by atoms with Crippen LogP contribution in [0.25, 0.3) is 0 Å². The van der Waals surface area contributed by atoms with E-state index in [4.69, 9.17) is 4.74 Å². The van der Waals surface area contributed by atoms with Crippen LogP contribution >= 0.6 is 0 Å². The normalized spacial score (nSPS) is 41.1. The zero-order valence-electron chi connectivity index (χ0n) is 13.2. The van der Waals surface area contributed by atoms with E-state index in [2.05, 4.69) is 6.92 Å². The van der Waals surface area contributed by atoms with Crippen molar-refractivity contribution >= 4 is 11.9 Å². The average Bonchev–Trinajstić information content (AvgIpc) is 3.09. The fraction of sp³-hybridized carbons (Fsp3) is 0.882. The Hall–Kier alpha value is -1.06. The second-order valence-corrected chi connectivity index (χ2v) is 7.80. The van der Waals surface area contributed by atoms with Gasteiger partial charge in [0.05, 0.1) is 0 Å². The maximum atomic E-state index is 12.4. The molecule has 4 heteroatoms. The largest absolute Gasteiger partial charge is 0.480 e. The third kappa shape index (κ3) is 2.01. The second kappa shape index (κ2) is 4.72. The van der Waals surface area contributed by atoms with Crippen molar-refractivity contribution < 1.29 is 19.4 Å². The molecule has 0 radical (unpaired) electrons. The van der Waals surface area contributed by atoms with Gasteiger partial charge in [0, 0.05) is 5.92 Å². The van der Waals surface area contributed by atoms with E-state index in [0.717, 1.165) is 18.8 Å². The van der Waals surface area contributed by atoms with Gasteiger partial charge in [0.25, 0.3) is 0 Å². The monoisotopic (exact) mass is 294 g/mol. The summed E-state index contributed by atoms with van der Waals surface area (Å²) < 4.78 is 5.90. The summed E-state index contributed by atoms with van der Waals surface area (Å²) in [7, 11) is 0. The summed E-state index contributed by atoms with van der Waals surface area (Å²) in [6.45, 7) is 4.95. The van der Waals surface area contributed by atoms with Crippen molar-refractivity contribution in [2.75, 3.05) is 0 Å². The van der Waals surface area contributed by atoms with Crippen molar-refractivity contribution in [2.24, 2.45) is 29.1 Å². The molecule has 5 atom stereocenters. The summed E-state index contributed by atoms with van der Waals surface area (Å²) in [5, 5.41) is 9.22. The van der Waals surface area contributed by atoms with Crippen molar-refractivity contribution in [3.05, 3.63) is 0 Å². The van der Waals surface area contributed by atoms with Crippen molar-refractivity contribution in [1.29, 1.82) is 0 Å². The molecule has 5 unspecified atom stereocenters. The van der Waals surface area contributed by atoms with Crippen molar-refractivity contribution in [1.82, 2.24) is 0 Å². The fourth-order valence-electron chi connectivity index (χ4n) is 5.21. The number of carbonyl (C=O) groups is 2. The maximum absolute atomic E-state index is 12.4. The molecule has 3 aliphatic carbocycles. The Bertz CT molecular complexity index is 469. The summed E-state index contributed by atoms with van der Waals surface area (Å²) in [6, 6.07) is 0. The molecule has 3 fully saturated rings. The summed E-state index contributed by atoms with van der Waals surface area (Å²) in [5.74, 6) is 0.988. The molecule has 3 rings (SSSR count). The number of hydrogen-bond donors (Lipinski definition) is 1. The number of carboxylic acid groups (broad SMARTS) is 1. The Kier molecular flexibility index (Phi) is 3.34. The first-order chi connectivity index (χ1) is 9.82. The highest BCUT2D eigenvalue weighted by Gasteiger charge is 2.62. The van der Waals surface area contributed by atoms with Crippen LogP contribution in [0.4, 0.5) is 0 Å². The van der Waals surface area contributed by atoms with E-state index < -0.39 is 23.0 Å². The van der Waals surface area contributed by atoms with E-state index in [9.17, 15) is 14.7 Å². The molecular formula is C17H26O4. The lowest BCUT2D eigenvalue weighted by Crippen LogP contribution is -2.48. The summed E-state index contributed by atoms with van der Waals surface area (Å²) >= 11 is 0. The first-order valence-electron chi connectivity index (χ1n) is 8.28. The smallest absolute Gasteiger partial charge is 0.323 e. The lowest BCUT2D eigenvalue weighted by molar-refractivity contribution is -0.186. The van der Waals surface area contributed by atoms with Crippen molar-refractivity contribution in [3.8, 4) is 0 Å². The molecule has 0 spiro atoms. The first kappa shape index (κ1) is 14.9. The molecule has 0 aromatic heterocycles. The molecule has 21 heavy (non-hydrogen) atoms. The van der Waals surface area contributed by atoms with Crippen molar-refractivity contribution in [3.63, 3.8) is 0 Å². The molecule has 3 saturated carbocycles. The predicted octanol–water partition coefficient (Wildman–Crippen LogP) is 3.25. The first-order valence-corrected chi connectivity index (χ1v) is 8.28. The van der Waals surface area contributed by atoms with Gasteiger partial charge in [0.1, 0.15) is 5.60 Å². The molecule has 1 N–H and O–H groups in total. The van der Waals surface area contributed by atoms with Crippen LogP contribution in [0.15, 0.2) is 0 Å². The van der Waals surface area contributed by atoms with Gasteiger partial charge in [0.15, 0.2) is 5.41 Å². The lowest BCUT2D eigenvalue weighted by atomic mass is 9.71. The van der Waals surface area contributed by atoms with Crippen LogP contribution in [-0.4, -0.2) is 22.6 Å². The molecule has 0 aromatic carbocycles. The SMILES string of the molecule is CCC1(OC(=O)C(C)(C)C(=O)O)CC2CC1C1CCCC21. The third-order valence-corrected chi connectivity index (χ3v) is 6.53. The number of fused-ring (bicyclic) bond motifs is 5. The van der Waals surface area contributed by atoms with E-state index in [0.29, 0.717) is 17.8 Å². The van der Waals surface area contributed by atoms with Crippen LogP contribution in [-0.2, 0) is 14.3 Å². The van der Waals surface area contributed by atoms with Gasteiger partial charge in [-0.15, -0.1) is 0 Å². The molecule has 3 aliphatic rings. The number of carboxylic acids is 1. The molecule has 0 saturated heterocycles. The maximum Gasteiger partial charge on any atom is 0.323 e. The van der Waals surface area contributed by atoms with Crippen molar-refractivity contribution in [2.45, 2.75) is 64.9 Å². The van der Waals surface area contributed by atoms with E-state index in [1.165, 1.54) is 39.5 Å². The van der Waals surface area contributed by atoms with Gasteiger partial charge in [-0.3, -0.25) is 9.59 Å². The van der Waals surface area contributed by atoms with Gasteiger partial charge in [0.2, 0.25) is 0 Å². The van der Waals surface area contributed by atoms with Crippen LogP contribution in [0, 0.1) is 29.1 Å². The molecule has 118 valence electrons. The van der Waals surface area contributed by atoms with Crippen LogP contribution in [0.3, 0.4) is 0 Å². The van der Waals surface area contributed by atoms with E-state index in [1.54, 1.807) is 0 Å². The number of esters is 1. The van der Waals surface area contributed by atoms with Gasteiger partial charge >= 0.3 is 11.9 Å². The highest BCUT2D eigenvalue weighted by atomic mass is 16.6. The van der Waals surface area contributed by atoms with Crippen LogP contribution < -0.4 is 0 Å². The Labute approximate surface area is 126 Å². The van der Waals surface area contributed by atoms with Gasteiger partial charge in [-0.05, 0) is 63.7 Å². The average molecular weight is 294 g/mol. The van der Waals surface area contributed by atoms with Crippen LogP contribution in [0.5, 0.6) is 0 Å². The minimum absolute atomic E-state index is 0.403. The molecular weight excluding hydrogens is 268 g/mol. The minimum Gasteiger partial charge on any atom is -0.480 e. The molecule has 2 bridgehead atoms. The van der Waals surface area contributed by atoms with E-state index >= 15 is 0 Å². The predicted molar refractivity (Wildman–Crippen MR) is 77.6 cm³/mol. The molecule has 0 amide bonds. The van der Waals surface area contributed by atoms with Crippen LogP contribution in [0.2, 0.25) is 0 Å². The Morgan fingerprint density at radius 1 is 1.29 bits per heavy atom. The van der Waals surface area contributed by atoms with Crippen LogP contribution in [0.1, 0.15) is 59.3 Å².